The van der Waals surface area contributed by atoms with Crippen LogP contribution in [0.4, 0.5) is 14.4 Å². The number of nitrogens with zero attached hydrogens (tertiary/aromatic N) is 1. The minimum Gasteiger partial charge on any atom is -0.652 e. The van der Waals surface area contributed by atoms with Crippen LogP contribution >= 0.6 is 0 Å². The molecule has 96 valence electrons. The van der Waals surface area contributed by atoms with Gasteiger partial charge in [0.15, 0.2) is 0 Å². The van der Waals surface area contributed by atoms with Crippen LogP contribution in [0.3, 0.4) is 0 Å². The Morgan fingerprint density at radius 1 is 0.722 bits per heavy atom. The molecule has 0 aromatic heterocycles. The van der Waals surface area contributed by atoms with Crippen molar-refractivity contribution in [2.45, 2.75) is 0 Å². The first kappa shape index (κ1) is 36.0. The van der Waals surface area contributed by atoms with Crippen molar-refractivity contribution in [2.24, 2.45) is 0 Å². The summed E-state index contributed by atoms with van der Waals surface area (Å²) in [5.41, 5.74) is 0. The Morgan fingerprint density at radius 3 is 0.722 bits per heavy atom. The molecule has 15 heteroatoms. The van der Waals surface area contributed by atoms with Gasteiger partial charge in [-0.2, -0.15) is 0 Å². The van der Waals surface area contributed by atoms with Gasteiger partial charge in [-0.1, -0.05) is 0 Å². The van der Waals surface area contributed by atoms with Gasteiger partial charge in [-0.05, 0) is 18.5 Å². The van der Waals surface area contributed by atoms with Crippen LogP contribution in [0.1, 0.15) is 0 Å². The molecule has 0 aromatic carbocycles. The Hall–Kier alpha value is -0.782. The fourth-order valence-corrected chi connectivity index (χ4v) is 0. The summed E-state index contributed by atoms with van der Waals surface area (Å²) in [4.78, 5) is 33.4. The van der Waals surface area contributed by atoms with Gasteiger partial charge in [0.25, 0.3) is 5.09 Å². The third-order valence-corrected chi connectivity index (χ3v) is 0. The number of carbonyl (C=O) groups is 3. The van der Waals surface area contributed by atoms with Crippen LogP contribution in [0, 0.1) is 10.1 Å². The van der Waals surface area contributed by atoms with E-state index in [0.29, 0.717) is 0 Å². The molecule has 0 fully saturated rings. The van der Waals surface area contributed by atoms with Crippen LogP contribution < -0.4 is 30.6 Å². The van der Waals surface area contributed by atoms with E-state index in [4.69, 9.17) is 60.3 Å². The van der Waals surface area contributed by atoms with E-state index in [1.807, 2.05) is 0 Å². The van der Waals surface area contributed by atoms with E-state index in [-0.39, 0.29) is 65.4 Å². The smallest absolute Gasteiger partial charge is 0.652 e. The van der Waals surface area contributed by atoms with Gasteiger partial charge in [0.1, 0.15) is 0 Å². The number of hydrogen-bond acceptors (Lipinski definition) is 11. The maximum absolute atomic E-state index is 8.36. The molecule has 0 spiro atoms. The fourth-order valence-electron chi connectivity index (χ4n) is 0. The first-order valence-electron chi connectivity index (χ1n) is 2.40. The predicted octanol–water partition coefficient (Wildman–Crippen LogP) is -7.69. The van der Waals surface area contributed by atoms with Crippen molar-refractivity contribution in [3.8, 4) is 0 Å². The molecule has 0 amide bonds. The van der Waals surface area contributed by atoms with E-state index < -0.39 is 23.6 Å². The largest absolute Gasteiger partial charge is 3.00 e. The molecule has 0 rings (SSSR count). The molecule has 0 radical (unpaired) electrons. The van der Waals surface area contributed by atoms with Crippen LogP contribution in [-0.4, -0.2) is 28.8 Å². The Balaban J connectivity index is -0.0000000257. The monoisotopic (exact) mass is 421 g/mol. The second kappa shape index (κ2) is 29.8. The Kier molecular flexibility index (Phi) is 59.7. The summed E-state index contributed by atoms with van der Waals surface area (Å²) in [6.07, 6.45) is -7.00. The molecule has 0 aliphatic carbocycles. The summed E-state index contributed by atoms with van der Waals surface area (Å²) in [6, 6.07) is 0. The van der Waals surface area contributed by atoms with Crippen LogP contribution in [0.25, 0.3) is 0 Å². The molecular formula is C3HNO12Y2. The normalized spacial score (nSPS) is 5.33. The Morgan fingerprint density at radius 2 is 0.722 bits per heavy atom. The fraction of sp³-hybridized carbons (Fsp3) is 0. The van der Waals surface area contributed by atoms with E-state index in [1.165, 1.54) is 0 Å². The minimum absolute atomic E-state index is 0. The summed E-state index contributed by atoms with van der Waals surface area (Å²) in [5.74, 6) is 0. The topological polar surface area (TPSA) is 253 Å². The minimum atomic E-state index is -2.33. The molecule has 0 atom stereocenters. The second-order valence-corrected chi connectivity index (χ2v) is 0.988. The van der Waals surface area contributed by atoms with Crippen LogP contribution in [0.5, 0.6) is 0 Å². The van der Waals surface area contributed by atoms with Crippen LogP contribution in [-0.2, 0) is 65.4 Å². The molecule has 0 heterocycles. The molecule has 13 nitrogen and oxygen atoms in total. The maximum Gasteiger partial charge on any atom is 3.00 e. The van der Waals surface area contributed by atoms with Gasteiger partial charge in [-0.15, -0.1) is 10.1 Å². The third kappa shape index (κ3) is 5030. The van der Waals surface area contributed by atoms with Gasteiger partial charge in [0.05, 0.1) is 0 Å². The molecule has 0 unspecified atom stereocenters. The Bertz CT molecular complexity index is 165. The maximum atomic E-state index is 8.36. The van der Waals surface area contributed by atoms with Gasteiger partial charge in [-0.3, -0.25) is 0 Å². The molecular weight excluding hydrogens is 420 g/mol. The molecule has 0 aliphatic heterocycles. The first-order valence-corrected chi connectivity index (χ1v) is 2.40. The van der Waals surface area contributed by atoms with Gasteiger partial charge in [0, 0.05) is 0 Å². The zero-order valence-electron chi connectivity index (χ0n) is 8.04. The van der Waals surface area contributed by atoms with Gasteiger partial charge in [-0.25, -0.2) is 0 Å². The van der Waals surface area contributed by atoms with Crippen molar-refractivity contribution < 1.29 is 121 Å². The van der Waals surface area contributed by atoms with Crippen molar-refractivity contribution in [3.63, 3.8) is 0 Å². The number of carbonyl (C=O) groups excluding carboxylic acids is 3. The van der Waals surface area contributed by atoms with Crippen LogP contribution in [0.2, 0.25) is 0 Å². The third-order valence-electron chi connectivity index (χ3n) is 0. The zero-order valence-corrected chi connectivity index (χ0v) is 13.7. The van der Waals surface area contributed by atoms with E-state index >= 15 is 0 Å². The quantitative estimate of drug-likeness (QED) is 0.283. The van der Waals surface area contributed by atoms with E-state index in [0.717, 1.165) is 0 Å². The summed E-state index contributed by atoms with van der Waals surface area (Å²) >= 11 is 0. The molecule has 0 bridgehead atoms. The second-order valence-electron chi connectivity index (χ2n) is 0.988. The SMILES string of the molecule is O=C([O-])[O-].O=C([O-])[O-].O=C([O-])[O-].O=[N+]([O-])O.[Y+3].[Y+3]. The van der Waals surface area contributed by atoms with Crippen molar-refractivity contribution in [1.82, 2.24) is 0 Å². The van der Waals surface area contributed by atoms with Crippen LogP contribution in [0.15, 0.2) is 0 Å². The van der Waals surface area contributed by atoms with Crippen molar-refractivity contribution in [1.29, 1.82) is 0 Å². The van der Waals surface area contributed by atoms with Crippen molar-refractivity contribution in [3.05, 3.63) is 10.1 Å². The molecule has 18 heavy (non-hydrogen) atoms. The first-order chi connectivity index (χ1) is 6.93. The number of hydrogen-bond donors (Lipinski definition) is 1. The van der Waals surface area contributed by atoms with Gasteiger partial charge < -0.3 is 50.2 Å². The summed E-state index contributed by atoms with van der Waals surface area (Å²) in [5, 5.41) is 63.6. The molecule has 1 N–H and O–H groups in total. The number of carboxylic acid groups (broad SMARTS) is 6. The van der Waals surface area contributed by atoms with E-state index in [2.05, 4.69) is 0 Å². The van der Waals surface area contributed by atoms with Crippen molar-refractivity contribution in [2.75, 3.05) is 0 Å². The summed E-state index contributed by atoms with van der Waals surface area (Å²) in [7, 11) is 0. The van der Waals surface area contributed by atoms with E-state index in [1.54, 1.807) is 0 Å². The van der Waals surface area contributed by atoms with Gasteiger partial charge in [0.2, 0.25) is 0 Å². The molecule has 0 aliphatic rings. The zero-order chi connectivity index (χ0) is 14.3. The van der Waals surface area contributed by atoms with Crippen molar-refractivity contribution >= 4 is 18.5 Å². The van der Waals surface area contributed by atoms with Gasteiger partial charge >= 0.3 is 65.4 Å². The summed E-state index contributed by atoms with van der Waals surface area (Å²) < 4.78 is 0. The summed E-state index contributed by atoms with van der Waals surface area (Å²) in [6.45, 7) is 0. The van der Waals surface area contributed by atoms with E-state index in [9.17, 15) is 0 Å². The average Bonchev–Trinajstić information content (AvgIpc) is 1.76. The molecule has 0 saturated heterocycles. The Labute approximate surface area is 148 Å². The molecule has 0 aromatic rings. The predicted molar refractivity (Wildman–Crippen MR) is 25.0 cm³/mol. The average molecular weight is 421 g/mol. The number of rotatable bonds is 0. The standard InChI is InChI=1S/3CH2O3.HNO3.2Y/c4*2-1(3)4;;/h3*(H2,2,3,4);(H,2,3,4);;/q;;;;2*+3/p-6. The molecule has 0 saturated carbocycles.